The molecule has 4 nitrogen and oxygen atoms in total. The lowest BCUT2D eigenvalue weighted by molar-refractivity contribution is -0.140. The summed E-state index contributed by atoms with van der Waals surface area (Å²) in [5.41, 5.74) is 1.89. The highest BCUT2D eigenvalue weighted by molar-refractivity contribution is 5.69. The molecule has 0 unspecified atom stereocenters. The molecular formula is C20H25FO4. The third-order valence-electron chi connectivity index (χ3n) is 3.20. The summed E-state index contributed by atoms with van der Waals surface area (Å²) in [7, 11) is 1.34. The predicted molar refractivity (Wildman–Crippen MR) is 95.9 cm³/mol. The Labute approximate surface area is 148 Å². The van der Waals surface area contributed by atoms with Gasteiger partial charge in [0.15, 0.2) is 0 Å². The van der Waals surface area contributed by atoms with Crippen molar-refractivity contribution in [2.24, 2.45) is 0 Å². The van der Waals surface area contributed by atoms with E-state index in [0.29, 0.717) is 19.3 Å². The second-order valence-corrected chi connectivity index (χ2v) is 5.09. The van der Waals surface area contributed by atoms with E-state index >= 15 is 0 Å². The number of hydrogen-bond donors (Lipinski definition) is 1. The van der Waals surface area contributed by atoms with E-state index < -0.39 is 5.97 Å². The van der Waals surface area contributed by atoms with E-state index in [1.54, 1.807) is 12.1 Å². The number of ether oxygens (including phenoxy) is 1. The molecule has 0 aromatic heterocycles. The number of halogens is 1. The van der Waals surface area contributed by atoms with Crippen LogP contribution in [0, 0.1) is 5.82 Å². The van der Waals surface area contributed by atoms with Crippen LogP contribution in [0.1, 0.15) is 31.4 Å². The second kappa shape index (κ2) is 12.7. The summed E-state index contributed by atoms with van der Waals surface area (Å²) in [5, 5.41) is 8.37. The van der Waals surface area contributed by atoms with E-state index in [-0.39, 0.29) is 25.6 Å². The highest BCUT2D eigenvalue weighted by Gasteiger charge is 2.01. The molecule has 5 heteroatoms. The monoisotopic (exact) mass is 348 g/mol. The van der Waals surface area contributed by atoms with Crippen LogP contribution in [0.4, 0.5) is 4.39 Å². The average molecular weight is 348 g/mol. The fraction of sp³-hybridized carbons (Fsp3) is 0.300. The van der Waals surface area contributed by atoms with Gasteiger partial charge in [0.05, 0.1) is 7.11 Å². The second-order valence-electron chi connectivity index (χ2n) is 5.09. The lowest BCUT2D eigenvalue weighted by Gasteiger charge is -1.99. The Morgan fingerprint density at radius 3 is 2.12 bits per heavy atom. The first-order chi connectivity index (χ1) is 11.5. The molecule has 2 aromatic rings. The summed E-state index contributed by atoms with van der Waals surface area (Å²) in [6, 6.07) is 15.8. The quantitative estimate of drug-likeness (QED) is 0.792. The van der Waals surface area contributed by atoms with Crippen molar-refractivity contribution < 1.29 is 23.8 Å². The molecule has 0 bridgehead atoms. The van der Waals surface area contributed by atoms with E-state index in [4.69, 9.17) is 5.11 Å². The molecule has 0 fully saturated rings. The van der Waals surface area contributed by atoms with Gasteiger partial charge in [-0.25, -0.2) is 4.39 Å². The van der Waals surface area contributed by atoms with Crippen molar-refractivity contribution in [1.29, 1.82) is 0 Å². The van der Waals surface area contributed by atoms with Gasteiger partial charge >= 0.3 is 11.9 Å². The van der Waals surface area contributed by atoms with Crippen LogP contribution in [-0.4, -0.2) is 24.2 Å². The van der Waals surface area contributed by atoms with Crippen LogP contribution in [0.15, 0.2) is 54.6 Å². The van der Waals surface area contributed by atoms with Gasteiger partial charge in [0.25, 0.3) is 0 Å². The summed E-state index contributed by atoms with van der Waals surface area (Å²) in [5.74, 6) is -1.29. The van der Waals surface area contributed by atoms with Crippen molar-refractivity contribution in [1.82, 2.24) is 0 Å². The van der Waals surface area contributed by atoms with Gasteiger partial charge in [-0.05, 0) is 36.1 Å². The molecular weight excluding hydrogens is 323 g/mol. The molecule has 0 aliphatic carbocycles. The molecule has 0 saturated heterocycles. The minimum Gasteiger partial charge on any atom is -0.481 e. The Kier molecular flexibility index (Phi) is 11.3. The van der Waals surface area contributed by atoms with E-state index in [1.165, 1.54) is 19.2 Å². The normalized spacial score (nSPS) is 9.20. The van der Waals surface area contributed by atoms with Gasteiger partial charge in [0.2, 0.25) is 0 Å². The van der Waals surface area contributed by atoms with Crippen LogP contribution in [0.25, 0.3) is 0 Å². The first-order valence-corrected chi connectivity index (χ1v) is 7.58. The zero-order chi connectivity index (χ0) is 17.8. The first-order valence-electron chi connectivity index (χ1n) is 7.58. The highest BCUT2D eigenvalue weighted by Crippen LogP contribution is 2.06. The summed E-state index contributed by atoms with van der Waals surface area (Å²) in [6.45, 7) is 0. The summed E-state index contributed by atoms with van der Waals surface area (Å²) < 4.78 is 17.1. The molecule has 0 aliphatic rings. The Bertz CT molecular complexity index is 641. The van der Waals surface area contributed by atoms with Gasteiger partial charge < -0.3 is 9.84 Å². The number of carbonyl (C=O) groups excluding carboxylic acids is 1. The van der Waals surface area contributed by atoms with Crippen LogP contribution < -0.4 is 0 Å². The summed E-state index contributed by atoms with van der Waals surface area (Å²) in [6.07, 6.45) is 1.64. The fourth-order valence-electron chi connectivity index (χ4n) is 1.94. The number of aryl methyl sites for hydroxylation is 2. The minimum absolute atomic E-state index is 0. The van der Waals surface area contributed by atoms with E-state index in [0.717, 1.165) is 11.1 Å². The molecule has 1 N–H and O–H groups in total. The number of hydrogen-bond acceptors (Lipinski definition) is 3. The Hall–Kier alpha value is -2.69. The maximum atomic E-state index is 12.7. The van der Waals surface area contributed by atoms with Gasteiger partial charge in [-0.15, -0.1) is 0 Å². The van der Waals surface area contributed by atoms with Crippen molar-refractivity contribution >= 4 is 11.9 Å². The average Bonchev–Trinajstić information content (AvgIpc) is 2.59. The molecule has 0 atom stereocenters. The standard InChI is InChI=1S/C10H11FO2.C9H10O2.CH4/c1-13-10(12)6-5-8-3-2-4-9(11)7-8;10-9(11)7-6-8-4-2-1-3-5-8;/h2-4,7H,5-6H2,1H3;1-5H,6-7H2,(H,10,11);1H4. The maximum Gasteiger partial charge on any atom is 0.305 e. The van der Waals surface area contributed by atoms with Crippen molar-refractivity contribution in [3.8, 4) is 0 Å². The zero-order valence-corrected chi connectivity index (χ0v) is 13.6. The molecule has 0 spiro atoms. The lowest BCUT2D eigenvalue weighted by Crippen LogP contribution is -2.01. The highest BCUT2D eigenvalue weighted by atomic mass is 19.1. The molecule has 2 aromatic carbocycles. The predicted octanol–water partition coefficient (Wildman–Crippen LogP) is 4.27. The molecule has 2 rings (SSSR count). The van der Waals surface area contributed by atoms with Crippen molar-refractivity contribution in [2.75, 3.05) is 7.11 Å². The number of carbonyl (C=O) groups is 2. The Morgan fingerprint density at radius 2 is 1.56 bits per heavy atom. The smallest absolute Gasteiger partial charge is 0.305 e. The Balaban J connectivity index is 0.000000449. The van der Waals surface area contributed by atoms with Crippen LogP contribution in [-0.2, 0) is 27.2 Å². The largest absolute Gasteiger partial charge is 0.481 e. The van der Waals surface area contributed by atoms with Gasteiger partial charge in [0.1, 0.15) is 5.82 Å². The maximum absolute atomic E-state index is 12.7. The number of carboxylic acids is 1. The van der Waals surface area contributed by atoms with Crippen molar-refractivity contribution in [3.05, 3.63) is 71.5 Å². The first kappa shape index (κ1) is 22.3. The molecule has 0 saturated carbocycles. The SMILES string of the molecule is C.COC(=O)CCc1cccc(F)c1.O=C(O)CCc1ccccc1. The number of carboxylic acid groups (broad SMARTS) is 1. The van der Waals surface area contributed by atoms with Gasteiger partial charge in [-0.1, -0.05) is 49.9 Å². The number of benzene rings is 2. The van der Waals surface area contributed by atoms with E-state index in [1.807, 2.05) is 30.3 Å². The van der Waals surface area contributed by atoms with Gasteiger partial charge in [0, 0.05) is 12.8 Å². The van der Waals surface area contributed by atoms with Crippen LogP contribution in [0.3, 0.4) is 0 Å². The number of esters is 1. The molecule has 136 valence electrons. The molecule has 0 amide bonds. The minimum atomic E-state index is -0.742. The molecule has 0 heterocycles. The third kappa shape index (κ3) is 10.7. The Morgan fingerprint density at radius 1 is 0.960 bits per heavy atom. The lowest BCUT2D eigenvalue weighted by atomic mass is 10.1. The zero-order valence-electron chi connectivity index (χ0n) is 13.6. The summed E-state index contributed by atoms with van der Waals surface area (Å²) >= 11 is 0. The van der Waals surface area contributed by atoms with Crippen LogP contribution in [0.5, 0.6) is 0 Å². The topological polar surface area (TPSA) is 63.6 Å². The number of methoxy groups -OCH3 is 1. The number of aliphatic carboxylic acids is 1. The van der Waals surface area contributed by atoms with Crippen LogP contribution >= 0.6 is 0 Å². The molecule has 0 aliphatic heterocycles. The molecule has 25 heavy (non-hydrogen) atoms. The molecule has 0 radical (unpaired) electrons. The van der Waals surface area contributed by atoms with Crippen LogP contribution in [0.2, 0.25) is 0 Å². The van der Waals surface area contributed by atoms with Gasteiger partial charge in [-0.3, -0.25) is 9.59 Å². The third-order valence-corrected chi connectivity index (χ3v) is 3.20. The van der Waals surface area contributed by atoms with E-state index in [2.05, 4.69) is 4.74 Å². The summed E-state index contributed by atoms with van der Waals surface area (Å²) in [4.78, 5) is 20.9. The number of rotatable bonds is 6. The van der Waals surface area contributed by atoms with Crippen molar-refractivity contribution in [3.63, 3.8) is 0 Å². The van der Waals surface area contributed by atoms with Gasteiger partial charge in [-0.2, -0.15) is 0 Å². The fourth-order valence-corrected chi connectivity index (χ4v) is 1.94. The van der Waals surface area contributed by atoms with Crippen molar-refractivity contribution in [2.45, 2.75) is 33.1 Å². The van der Waals surface area contributed by atoms with E-state index in [9.17, 15) is 14.0 Å².